The maximum atomic E-state index is 11.3. The van der Waals surface area contributed by atoms with Gasteiger partial charge in [0.15, 0.2) is 0 Å². The quantitative estimate of drug-likeness (QED) is 0.392. The lowest BCUT2D eigenvalue weighted by molar-refractivity contribution is -0.116. The fraction of sp³-hybridized carbons (Fsp3) is 0.333. The second-order valence-corrected chi connectivity index (χ2v) is 6.97. The Hall–Kier alpha value is -3.08. The number of hydrogen-bond donors (Lipinski definition) is 1. The molecule has 2 aromatic carbocycles. The SMILES string of the molecule is C=CC(=O)NCCCc1nc2ccccc2n1CCCOc1ccc(CC)cc1. The second kappa shape index (κ2) is 10.5. The van der Waals surface area contributed by atoms with Crippen LogP contribution >= 0.6 is 0 Å². The number of ether oxygens (including phenoxy) is 1. The van der Waals surface area contributed by atoms with Crippen LogP contribution in [0, 0.1) is 0 Å². The molecule has 0 aliphatic heterocycles. The molecule has 5 nitrogen and oxygen atoms in total. The van der Waals surface area contributed by atoms with Crippen molar-refractivity contribution in [1.82, 2.24) is 14.9 Å². The first-order valence-electron chi connectivity index (χ1n) is 10.3. The number of benzene rings is 2. The third-order valence-corrected chi connectivity index (χ3v) is 4.92. The van der Waals surface area contributed by atoms with Crippen molar-refractivity contribution in [3.8, 4) is 5.75 Å². The lowest BCUT2D eigenvalue weighted by Crippen LogP contribution is -2.22. The van der Waals surface area contributed by atoms with Crippen molar-refractivity contribution in [1.29, 1.82) is 0 Å². The summed E-state index contributed by atoms with van der Waals surface area (Å²) in [5, 5.41) is 2.82. The van der Waals surface area contributed by atoms with Crippen molar-refractivity contribution >= 4 is 16.9 Å². The number of carbonyl (C=O) groups excluding carboxylic acids is 1. The fourth-order valence-electron chi connectivity index (χ4n) is 3.33. The molecular weight excluding hydrogens is 362 g/mol. The van der Waals surface area contributed by atoms with Crippen LogP contribution in [0.1, 0.15) is 31.2 Å². The number of nitrogens with one attached hydrogen (secondary N) is 1. The molecule has 0 spiro atoms. The first-order valence-corrected chi connectivity index (χ1v) is 10.3. The Kier molecular flexibility index (Phi) is 7.45. The van der Waals surface area contributed by atoms with E-state index in [0.717, 1.165) is 54.8 Å². The summed E-state index contributed by atoms with van der Waals surface area (Å²) in [7, 11) is 0. The molecule has 1 amide bonds. The predicted octanol–water partition coefficient (Wildman–Crippen LogP) is 4.30. The highest BCUT2D eigenvalue weighted by Gasteiger charge is 2.10. The third-order valence-electron chi connectivity index (χ3n) is 4.92. The van der Waals surface area contributed by atoms with Crippen LogP contribution < -0.4 is 10.1 Å². The molecule has 3 aromatic rings. The fourth-order valence-corrected chi connectivity index (χ4v) is 3.33. The van der Waals surface area contributed by atoms with Crippen molar-refractivity contribution in [2.45, 2.75) is 39.2 Å². The Morgan fingerprint density at radius 1 is 1.17 bits per heavy atom. The van der Waals surface area contributed by atoms with Gasteiger partial charge in [-0.05, 0) is 55.2 Å². The first-order chi connectivity index (χ1) is 14.2. The van der Waals surface area contributed by atoms with Crippen LogP contribution in [0.5, 0.6) is 5.75 Å². The van der Waals surface area contributed by atoms with E-state index in [4.69, 9.17) is 9.72 Å². The van der Waals surface area contributed by atoms with Gasteiger partial charge in [0, 0.05) is 19.5 Å². The normalized spacial score (nSPS) is 10.8. The van der Waals surface area contributed by atoms with Gasteiger partial charge in [-0.2, -0.15) is 0 Å². The van der Waals surface area contributed by atoms with Gasteiger partial charge in [-0.1, -0.05) is 37.8 Å². The number of imidazole rings is 1. The number of amides is 1. The number of carbonyl (C=O) groups is 1. The summed E-state index contributed by atoms with van der Waals surface area (Å²) in [4.78, 5) is 16.1. The van der Waals surface area contributed by atoms with Gasteiger partial charge in [0.2, 0.25) is 5.91 Å². The molecule has 5 heteroatoms. The number of aromatic nitrogens is 2. The van der Waals surface area contributed by atoms with Crippen molar-refractivity contribution in [2.24, 2.45) is 0 Å². The molecule has 0 saturated carbocycles. The summed E-state index contributed by atoms with van der Waals surface area (Å²) in [5.74, 6) is 1.82. The molecule has 0 bridgehead atoms. The van der Waals surface area contributed by atoms with Crippen LogP contribution in [-0.4, -0.2) is 28.6 Å². The summed E-state index contributed by atoms with van der Waals surface area (Å²) in [5.41, 5.74) is 3.47. The minimum absolute atomic E-state index is 0.136. The minimum Gasteiger partial charge on any atom is -0.494 e. The standard InChI is InChI=1S/C24H29N3O2/c1-3-19-12-14-20(15-13-19)29-18-8-17-27-22-10-6-5-9-21(22)26-23(27)11-7-16-25-24(28)4-2/h4-6,9-10,12-15H,2-3,7-8,11,16-18H2,1H3,(H,25,28). The van der Waals surface area contributed by atoms with E-state index in [1.54, 1.807) is 0 Å². The van der Waals surface area contributed by atoms with E-state index in [1.165, 1.54) is 11.6 Å². The monoisotopic (exact) mass is 391 g/mol. The molecule has 0 aliphatic rings. The van der Waals surface area contributed by atoms with Gasteiger partial charge < -0.3 is 14.6 Å². The predicted molar refractivity (Wildman–Crippen MR) is 117 cm³/mol. The van der Waals surface area contributed by atoms with Gasteiger partial charge in [-0.25, -0.2) is 4.98 Å². The van der Waals surface area contributed by atoms with Gasteiger partial charge in [-0.15, -0.1) is 0 Å². The lowest BCUT2D eigenvalue weighted by atomic mass is 10.2. The molecule has 3 rings (SSSR count). The van der Waals surface area contributed by atoms with Crippen LogP contribution in [0.4, 0.5) is 0 Å². The molecule has 1 aromatic heterocycles. The number of hydrogen-bond acceptors (Lipinski definition) is 3. The average Bonchev–Trinajstić information content (AvgIpc) is 3.12. The highest BCUT2D eigenvalue weighted by molar-refractivity contribution is 5.86. The summed E-state index contributed by atoms with van der Waals surface area (Å²) in [6, 6.07) is 16.5. The number of nitrogens with zero attached hydrogens (tertiary/aromatic N) is 2. The van der Waals surface area contributed by atoms with E-state index in [2.05, 4.69) is 41.6 Å². The van der Waals surface area contributed by atoms with Gasteiger partial charge in [0.1, 0.15) is 11.6 Å². The van der Waals surface area contributed by atoms with Crippen molar-refractivity contribution in [3.63, 3.8) is 0 Å². The van der Waals surface area contributed by atoms with E-state index in [-0.39, 0.29) is 5.91 Å². The van der Waals surface area contributed by atoms with Crippen molar-refractivity contribution in [2.75, 3.05) is 13.2 Å². The van der Waals surface area contributed by atoms with Crippen LogP contribution in [0.15, 0.2) is 61.2 Å². The van der Waals surface area contributed by atoms with E-state index in [0.29, 0.717) is 13.2 Å². The van der Waals surface area contributed by atoms with Crippen molar-refractivity contribution < 1.29 is 9.53 Å². The van der Waals surface area contributed by atoms with Crippen LogP contribution in [0.3, 0.4) is 0 Å². The highest BCUT2D eigenvalue weighted by Crippen LogP contribution is 2.18. The molecule has 0 unspecified atom stereocenters. The van der Waals surface area contributed by atoms with Gasteiger partial charge in [0.25, 0.3) is 0 Å². The molecule has 0 radical (unpaired) electrons. The summed E-state index contributed by atoms with van der Waals surface area (Å²) in [6.45, 7) is 7.75. The Balaban J connectivity index is 1.57. The van der Waals surface area contributed by atoms with Gasteiger partial charge in [-0.3, -0.25) is 4.79 Å². The molecule has 0 fully saturated rings. The van der Waals surface area contributed by atoms with E-state index >= 15 is 0 Å². The van der Waals surface area contributed by atoms with Gasteiger partial charge >= 0.3 is 0 Å². The first kappa shape index (κ1) is 20.6. The van der Waals surface area contributed by atoms with E-state index in [1.807, 2.05) is 30.3 Å². The molecule has 1 N–H and O–H groups in total. The number of rotatable bonds is 11. The summed E-state index contributed by atoms with van der Waals surface area (Å²) in [6.07, 6.45) is 4.88. The Morgan fingerprint density at radius 3 is 2.72 bits per heavy atom. The van der Waals surface area contributed by atoms with Gasteiger partial charge in [0.05, 0.1) is 17.6 Å². The van der Waals surface area contributed by atoms with E-state index < -0.39 is 0 Å². The second-order valence-electron chi connectivity index (χ2n) is 6.97. The number of aryl methyl sites for hydroxylation is 3. The summed E-state index contributed by atoms with van der Waals surface area (Å²) >= 11 is 0. The molecular formula is C24H29N3O2. The maximum Gasteiger partial charge on any atom is 0.243 e. The lowest BCUT2D eigenvalue weighted by Gasteiger charge is -2.11. The molecule has 0 atom stereocenters. The maximum absolute atomic E-state index is 11.3. The van der Waals surface area contributed by atoms with Crippen molar-refractivity contribution in [3.05, 3.63) is 72.6 Å². The average molecular weight is 392 g/mol. The van der Waals surface area contributed by atoms with Crippen LogP contribution in [0.2, 0.25) is 0 Å². The zero-order chi connectivity index (χ0) is 20.5. The topological polar surface area (TPSA) is 56.2 Å². The molecule has 152 valence electrons. The zero-order valence-corrected chi connectivity index (χ0v) is 17.1. The third kappa shape index (κ3) is 5.70. The number of fused-ring (bicyclic) bond motifs is 1. The molecule has 0 aliphatic carbocycles. The van der Waals surface area contributed by atoms with Crippen LogP contribution in [0.25, 0.3) is 11.0 Å². The minimum atomic E-state index is -0.136. The Bertz CT molecular complexity index is 944. The highest BCUT2D eigenvalue weighted by atomic mass is 16.5. The summed E-state index contributed by atoms with van der Waals surface area (Å²) < 4.78 is 8.17. The molecule has 1 heterocycles. The Labute approximate surface area is 172 Å². The zero-order valence-electron chi connectivity index (χ0n) is 17.1. The molecule has 0 saturated heterocycles. The number of para-hydroxylation sites is 2. The van der Waals surface area contributed by atoms with E-state index in [9.17, 15) is 4.79 Å². The molecule has 29 heavy (non-hydrogen) atoms. The smallest absolute Gasteiger partial charge is 0.243 e. The Morgan fingerprint density at radius 2 is 1.97 bits per heavy atom. The largest absolute Gasteiger partial charge is 0.494 e. The van der Waals surface area contributed by atoms with Crippen LogP contribution in [-0.2, 0) is 24.2 Å².